The Labute approximate surface area is 175 Å². The number of halogens is 3. The van der Waals surface area contributed by atoms with Crippen LogP contribution < -0.4 is 5.32 Å². The highest BCUT2D eigenvalue weighted by atomic mass is 79.9. The number of amides is 2. The minimum atomic E-state index is -0.645. The maximum atomic E-state index is 12.8. The van der Waals surface area contributed by atoms with Crippen LogP contribution in [-0.2, 0) is 11.3 Å². The van der Waals surface area contributed by atoms with Gasteiger partial charge in [-0.15, -0.1) is 0 Å². The SMILES string of the molecule is CCN1CCn2c(c(Br)c3c(NC(=O)OC(C)(C)C)cc(Cl)c(Cl)c32)C1=O. The molecule has 0 unspecified atom stereocenters. The second kappa shape index (κ2) is 7.18. The number of benzene rings is 1. The summed E-state index contributed by atoms with van der Waals surface area (Å²) >= 11 is 16.3. The molecule has 0 saturated carbocycles. The molecule has 0 saturated heterocycles. The number of hydrogen-bond acceptors (Lipinski definition) is 3. The lowest BCUT2D eigenvalue weighted by Gasteiger charge is -2.27. The molecule has 0 radical (unpaired) electrons. The van der Waals surface area contributed by atoms with E-state index < -0.39 is 11.7 Å². The second-order valence-electron chi connectivity index (χ2n) is 7.27. The van der Waals surface area contributed by atoms with E-state index in [0.717, 1.165) is 0 Å². The molecule has 1 aromatic heterocycles. The summed E-state index contributed by atoms with van der Waals surface area (Å²) in [6.45, 7) is 9.05. The predicted molar refractivity (Wildman–Crippen MR) is 111 cm³/mol. The van der Waals surface area contributed by atoms with Gasteiger partial charge in [0.05, 0.1) is 25.7 Å². The Morgan fingerprint density at radius 1 is 1.33 bits per heavy atom. The lowest BCUT2D eigenvalue weighted by Crippen LogP contribution is -2.39. The van der Waals surface area contributed by atoms with Crippen LogP contribution in [0, 0.1) is 0 Å². The van der Waals surface area contributed by atoms with E-state index in [1.54, 1.807) is 31.7 Å². The van der Waals surface area contributed by atoms with Gasteiger partial charge in [-0.05, 0) is 49.7 Å². The van der Waals surface area contributed by atoms with Crippen molar-refractivity contribution in [2.24, 2.45) is 0 Å². The van der Waals surface area contributed by atoms with Crippen molar-refractivity contribution in [3.8, 4) is 0 Å². The predicted octanol–water partition coefficient (Wildman–Crippen LogP) is 5.53. The van der Waals surface area contributed by atoms with Gasteiger partial charge in [0.15, 0.2) is 0 Å². The van der Waals surface area contributed by atoms with Crippen molar-refractivity contribution in [2.45, 2.75) is 39.8 Å². The molecular weight excluding hydrogens is 457 g/mol. The van der Waals surface area contributed by atoms with Gasteiger partial charge >= 0.3 is 6.09 Å². The molecule has 0 fully saturated rings. The Bertz CT molecular complexity index is 950. The summed E-state index contributed by atoms with van der Waals surface area (Å²) < 4.78 is 7.76. The van der Waals surface area contributed by atoms with Gasteiger partial charge < -0.3 is 14.2 Å². The summed E-state index contributed by atoms with van der Waals surface area (Å²) in [6, 6.07) is 1.56. The minimum Gasteiger partial charge on any atom is -0.444 e. The van der Waals surface area contributed by atoms with Gasteiger partial charge in [0.1, 0.15) is 11.3 Å². The smallest absolute Gasteiger partial charge is 0.412 e. The summed E-state index contributed by atoms with van der Waals surface area (Å²) in [5.41, 5.74) is 0.892. The standard InChI is InChI=1S/C18H20BrCl2N3O3/c1-5-23-6-7-24-14-11(12(19)15(24)16(23)25)10(8-9(20)13(14)21)22-17(26)27-18(2,3)4/h8H,5-7H2,1-4H3,(H,22,26). The van der Waals surface area contributed by atoms with Gasteiger partial charge in [-0.3, -0.25) is 10.1 Å². The van der Waals surface area contributed by atoms with Crippen LogP contribution in [0.5, 0.6) is 0 Å². The van der Waals surface area contributed by atoms with Gasteiger partial charge in [-0.25, -0.2) is 4.79 Å². The molecule has 146 valence electrons. The highest BCUT2D eigenvalue weighted by Gasteiger charge is 2.32. The van der Waals surface area contributed by atoms with Crippen LogP contribution in [0.15, 0.2) is 10.5 Å². The van der Waals surface area contributed by atoms with Gasteiger partial charge in [0.25, 0.3) is 5.91 Å². The maximum Gasteiger partial charge on any atom is 0.412 e. The highest BCUT2D eigenvalue weighted by Crippen LogP contribution is 2.44. The number of likely N-dealkylation sites (N-methyl/N-ethyl adjacent to an activating group) is 1. The molecule has 0 atom stereocenters. The van der Waals surface area contributed by atoms with Crippen LogP contribution in [0.3, 0.4) is 0 Å². The summed E-state index contributed by atoms with van der Waals surface area (Å²) in [6.07, 6.45) is -0.611. The van der Waals surface area contributed by atoms with E-state index in [9.17, 15) is 9.59 Å². The average Bonchev–Trinajstić information content (AvgIpc) is 2.85. The van der Waals surface area contributed by atoms with Gasteiger partial charge in [0, 0.05) is 25.0 Å². The summed E-state index contributed by atoms with van der Waals surface area (Å²) in [4.78, 5) is 26.9. The van der Waals surface area contributed by atoms with E-state index in [0.29, 0.717) is 51.4 Å². The normalized spacial score (nSPS) is 14.5. The lowest BCUT2D eigenvalue weighted by molar-refractivity contribution is 0.0635. The van der Waals surface area contributed by atoms with Gasteiger partial charge in [-0.2, -0.15) is 0 Å². The molecule has 1 N–H and O–H groups in total. The summed E-state index contributed by atoms with van der Waals surface area (Å²) in [7, 11) is 0. The van der Waals surface area contributed by atoms with Gasteiger partial charge in [0.2, 0.25) is 0 Å². The first kappa shape index (κ1) is 20.3. The zero-order chi connectivity index (χ0) is 20.1. The van der Waals surface area contributed by atoms with E-state index in [-0.39, 0.29) is 10.9 Å². The number of carbonyl (C=O) groups excluding carboxylic acids is 2. The van der Waals surface area contributed by atoms with Crippen molar-refractivity contribution in [3.05, 3.63) is 26.3 Å². The first-order chi connectivity index (χ1) is 12.5. The summed E-state index contributed by atoms with van der Waals surface area (Å²) in [5, 5.41) is 3.97. The number of rotatable bonds is 2. The monoisotopic (exact) mass is 475 g/mol. The molecule has 2 heterocycles. The number of hydrogen-bond donors (Lipinski definition) is 1. The van der Waals surface area contributed by atoms with E-state index in [1.165, 1.54) is 0 Å². The number of nitrogens with one attached hydrogen (secondary N) is 1. The summed E-state index contributed by atoms with van der Waals surface area (Å²) in [5.74, 6) is -0.0952. The Balaban J connectivity index is 2.18. The third-order valence-electron chi connectivity index (χ3n) is 4.26. The maximum absolute atomic E-state index is 12.8. The number of anilines is 1. The largest absolute Gasteiger partial charge is 0.444 e. The minimum absolute atomic E-state index is 0.0952. The molecule has 1 aliphatic rings. The average molecular weight is 477 g/mol. The third kappa shape index (κ3) is 3.65. The fraction of sp³-hybridized carbons (Fsp3) is 0.444. The number of ether oxygens (including phenoxy) is 1. The molecule has 2 amide bonds. The van der Waals surface area contributed by atoms with Crippen LogP contribution in [0.1, 0.15) is 38.2 Å². The first-order valence-corrected chi connectivity index (χ1v) is 10.1. The Morgan fingerprint density at radius 2 is 2.00 bits per heavy atom. The molecule has 0 bridgehead atoms. The molecule has 1 aromatic carbocycles. The highest BCUT2D eigenvalue weighted by molar-refractivity contribution is 9.10. The zero-order valence-electron chi connectivity index (χ0n) is 15.5. The second-order valence-corrected chi connectivity index (χ2v) is 8.85. The van der Waals surface area contributed by atoms with Crippen LogP contribution in [0.2, 0.25) is 10.0 Å². The van der Waals surface area contributed by atoms with Crippen LogP contribution >= 0.6 is 39.1 Å². The number of aromatic nitrogens is 1. The first-order valence-electron chi connectivity index (χ1n) is 8.54. The van der Waals surface area contributed by atoms with E-state index in [1.807, 2.05) is 11.5 Å². The van der Waals surface area contributed by atoms with Crippen molar-refractivity contribution in [3.63, 3.8) is 0 Å². The lowest BCUT2D eigenvalue weighted by atomic mass is 10.2. The third-order valence-corrected chi connectivity index (χ3v) is 5.81. The quantitative estimate of drug-likeness (QED) is 0.619. The number of fused-ring (bicyclic) bond motifs is 3. The molecule has 6 nitrogen and oxygen atoms in total. The molecule has 0 spiro atoms. The van der Waals surface area contributed by atoms with Crippen molar-refractivity contribution in [2.75, 3.05) is 18.4 Å². The van der Waals surface area contributed by atoms with E-state index >= 15 is 0 Å². The molecule has 2 aromatic rings. The molecule has 3 rings (SSSR count). The Kier molecular flexibility index (Phi) is 5.40. The topological polar surface area (TPSA) is 63.6 Å². The van der Waals surface area contributed by atoms with Crippen molar-refractivity contribution in [1.29, 1.82) is 0 Å². The molecular formula is C18H20BrCl2N3O3. The van der Waals surface area contributed by atoms with Gasteiger partial charge in [-0.1, -0.05) is 23.2 Å². The molecule has 9 heteroatoms. The van der Waals surface area contributed by atoms with Crippen molar-refractivity contribution < 1.29 is 14.3 Å². The number of nitrogens with zero attached hydrogens (tertiary/aromatic N) is 2. The molecule has 0 aliphatic carbocycles. The zero-order valence-corrected chi connectivity index (χ0v) is 18.5. The Morgan fingerprint density at radius 3 is 2.59 bits per heavy atom. The fourth-order valence-electron chi connectivity index (χ4n) is 3.16. The van der Waals surface area contributed by atoms with E-state index in [4.69, 9.17) is 27.9 Å². The van der Waals surface area contributed by atoms with E-state index in [2.05, 4.69) is 21.2 Å². The number of carbonyl (C=O) groups is 2. The van der Waals surface area contributed by atoms with Crippen molar-refractivity contribution in [1.82, 2.24) is 9.47 Å². The molecule has 27 heavy (non-hydrogen) atoms. The van der Waals surface area contributed by atoms with Crippen LogP contribution in [0.4, 0.5) is 10.5 Å². The molecule has 1 aliphatic heterocycles. The Hall–Kier alpha value is -1.44. The fourth-order valence-corrected chi connectivity index (χ4v) is 4.39. The van der Waals surface area contributed by atoms with Crippen LogP contribution in [-0.4, -0.2) is 40.2 Å². The van der Waals surface area contributed by atoms with Crippen molar-refractivity contribution >= 4 is 67.7 Å². The van der Waals surface area contributed by atoms with Crippen LogP contribution in [0.25, 0.3) is 10.9 Å².